The van der Waals surface area contributed by atoms with Gasteiger partial charge >= 0.3 is 0 Å². The van der Waals surface area contributed by atoms with Crippen molar-refractivity contribution in [1.29, 1.82) is 0 Å². The molecule has 18 heavy (non-hydrogen) atoms. The summed E-state index contributed by atoms with van der Waals surface area (Å²) >= 11 is 3.55. The van der Waals surface area contributed by atoms with Crippen LogP contribution >= 0.6 is 15.9 Å². The van der Waals surface area contributed by atoms with Crippen LogP contribution in [0, 0.1) is 5.92 Å². The van der Waals surface area contributed by atoms with E-state index in [0.717, 1.165) is 10.4 Å². The van der Waals surface area contributed by atoms with Crippen LogP contribution in [0.3, 0.4) is 0 Å². The van der Waals surface area contributed by atoms with Crippen molar-refractivity contribution >= 4 is 15.9 Å². The van der Waals surface area contributed by atoms with E-state index in [0.29, 0.717) is 12.6 Å². The van der Waals surface area contributed by atoms with Crippen LogP contribution in [0.5, 0.6) is 0 Å². The number of hydrogen-bond donors (Lipinski definition) is 1. The maximum atomic E-state index is 6.01. The summed E-state index contributed by atoms with van der Waals surface area (Å²) in [5, 5.41) is 0. The van der Waals surface area contributed by atoms with Gasteiger partial charge in [0, 0.05) is 17.1 Å². The van der Waals surface area contributed by atoms with Gasteiger partial charge in [-0.05, 0) is 56.0 Å². The first kappa shape index (κ1) is 14.0. The molecule has 1 fully saturated rings. The van der Waals surface area contributed by atoms with Crippen molar-refractivity contribution in [3.8, 4) is 0 Å². The van der Waals surface area contributed by atoms with Crippen LogP contribution in [-0.2, 0) is 0 Å². The van der Waals surface area contributed by atoms with Gasteiger partial charge in [0.2, 0.25) is 0 Å². The van der Waals surface area contributed by atoms with Crippen molar-refractivity contribution in [1.82, 2.24) is 4.90 Å². The van der Waals surface area contributed by atoms with Crippen LogP contribution in [0.4, 0.5) is 0 Å². The van der Waals surface area contributed by atoms with Crippen LogP contribution in [0.1, 0.15) is 37.8 Å². The van der Waals surface area contributed by atoms with Gasteiger partial charge in [-0.25, -0.2) is 0 Å². The van der Waals surface area contributed by atoms with E-state index in [1.165, 1.54) is 37.9 Å². The molecule has 1 aromatic carbocycles. The summed E-state index contributed by atoms with van der Waals surface area (Å²) in [6, 6.07) is 8.93. The Balaban J connectivity index is 2.12. The second-order valence-corrected chi connectivity index (χ2v) is 6.29. The van der Waals surface area contributed by atoms with Gasteiger partial charge in [0.1, 0.15) is 0 Å². The summed E-state index contributed by atoms with van der Waals surface area (Å²) in [6.07, 6.45) is 3.95. The van der Waals surface area contributed by atoms with E-state index >= 15 is 0 Å². The fourth-order valence-corrected chi connectivity index (χ4v) is 3.22. The Bertz CT molecular complexity index is 381. The molecule has 0 spiro atoms. The molecule has 100 valence electrons. The molecule has 0 amide bonds. The predicted octanol–water partition coefficient (Wildman–Crippen LogP) is 3.57. The normalized spacial score (nSPS) is 23.6. The molecule has 2 unspecified atom stereocenters. The van der Waals surface area contributed by atoms with E-state index in [2.05, 4.69) is 52.0 Å². The van der Waals surface area contributed by atoms with Crippen LogP contribution in [-0.4, -0.2) is 24.5 Å². The monoisotopic (exact) mass is 310 g/mol. The van der Waals surface area contributed by atoms with E-state index in [-0.39, 0.29) is 0 Å². The Morgan fingerprint density at radius 1 is 1.39 bits per heavy atom. The number of nitrogens with two attached hydrogens (primary N) is 1. The van der Waals surface area contributed by atoms with Crippen LogP contribution in [0.2, 0.25) is 0 Å². The zero-order valence-electron chi connectivity index (χ0n) is 11.1. The van der Waals surface area contributed by atoms with Crippen LogP contribution < -0.4 is 5.73 Å². The lowest BCUT2D eigenvalue weighted by atomic mass is 10.0. The van der Waals surface area contributed by atoms with E-state index in [1.807, 2.05) is 0 Å². The van der Waals surface area contributed by atoms with Gasteiger partial charge in [-0.3, -0.25) is 4.90 Å². The largest absolute Gasteiger partial charge is 0.329 e. The minimum atomic E-state index is 0.368. The third-order valence-corrected chi connectivity index (χ3v) is 4.44. The molecule has 1 aromatic rings. The summed E-state index contributed by atoms with van der Waals surface area (Å²) in [5.41, 5.74) is 7.35. The zero-order valence-corrected chi connectivity index (χ0v) is 12.7. The molecular weight excluding hydrogens is 288 g/mol. The molecule has 2 nitrogen and oxygen atoms in total. The average Bonchev–Trinajstić information content (AvgIpc) is 2.56. The molecule has 3 heteroatoms. The van der Waals surface area contributed by atoms with Crippen molar-refractivity contribution in [3.63, 3.8) is 0 Å². The molecule has 0 radical (unpaired) electrons. The Hall–Kier alpha value is -0.380. The quantitative estimate of drug-likeness (QED) is 0.924. The molecule has 1 aliphatic heterocycles. The highest BCUT2D eigenvalue weighted by Gasteiger charge is 2.22. The highest BCUT2D eigenvalue weighted by atomic mass is 79.9. The highest BCUT2D eigenvalue weighted by molar-refractivity contribution is 9.10. The standard InChI is InChI=1S/C15H23BrN2/c1-12-4-3-8-18(9-7-12)15(11-17)13-5-2-6-14(16)10-13/h2,5-6,10,12,15H,3-4,7-9,11,17H2,1H3. The second-order valence-electron chi connectivity index (χ2n) is 5.38. The van der Waals surface area contributed by atoms with Gasteiger partial charge in [0.25, 0.3) is 0 Å². The molecule has 0 aliphatic carbocycles. The SMILES string of the molecule is CC1CCCN(C(CN)c2cccc(Br)c2)CC1. The average molecular weight is 311 g/mol. The van der Waals surface area contributed by atoms with Gasteiger partial charge in [0.15, 0.2) is 0 Å². The topological polar surface area (TPSA) is 29.3 Å². The molecule has 0 bridgehead atoms. The zero-order chi connectivity index (χ0) is 13.0. The van der Waals surface area contributed by atoms with E-state index in [1.54, 1.807) is 0 Å². The van der Waals surface area contributed by atoms with Gasteiger partial charge < -0.3 is 5.73 Å². The van der Waals surface area contributed by atoms with Gasteiger partial charge in [0.05, 0.1) is 0 Å². The maximum Gasteiger partial charge on any atom is 0.0470 e. The van der Waals surface area contributed by atoms with E-state index in [9.17, 15) is 0 Å². The predicted molar refractivity (Wildman–Crippen MR) is 80.5 cm³/mol. The Labute approximate surface area is 119 Å². The first-order chi connectivity index (χ1) is 8.70. The Morgan fingerprint density at radius 2 is 2.22 bits per heavy atom. The van der Waals surface area contributed by atoms with Crippen LogP contribution in [0.15, 0.2) is 28.7 Å². The highest BCUT2D eigenvalue weighted by Crippen LogP contribution is 2.26. The lowest BCUT2D eigenvalue weighted by Crippen LogP contribution is -2.34. The molecule has 1 heterocycles. The number of nitrogens with zero attached hydrogens (tertiary/aromatic N) is 1. The summed E-state index contributed by atoms with van der Waals surface area (Å²) in [6.45, 7) is 5.42. The minimum absolute atomic E-state index is 0.368. The molecule has 1 saturated heterocycles. The lowest BCUT2D eigenvalue weighted by molar-refractivity contribution is 0.207. The van der Waals surface area contributed by atoms with Crippen molar-refractivity contribution in [2.75, 3.05) is 19.6 Å². The fourth-order valence-electron chi connectivity index (χ4n) is 2.81. The molecule has 2 atom stereocenters. The number of benzene rings is 1. The van der Waals surface area contributed by atoms with Crippen LogP contribution in [0.25, 0.3) is 0 Å². The molecule has 2 N–H and O–H groups in total. The third-order valence-electron chi connectivity index (χ3n) is 3.95. The molecular formula is C15H23BrN2. The summed E-state index contributed by atoms with van der Waals surface area (Å²) in [4.78, 5) is 2.56. The first-order valence-corrected chi connectivity index (χ1v) is 7.69. The van der Waals surface area contributed by atoms with E-state index < -0.39 is 0 Å². The lowest BCUT2D eigenvalue weighted by Gasteiger charge is -2.30. The Kier molecular flexibility index (Phi) is 5.22. The number of hydrogen-bond acceptors (Lipinski definition) is 2. The maximum absolute atomic E-state index is 6.01. The number of halogens is 1. The van der Waals surface area contributed by atoms with Crippen molar-refractivity contribution < 1.29 is 0 Å². The number of rotatable bonds is 3. The van der Waals surface area contributed by atoms with Gasteiger partial charge in [-0.2, -0.15) is 0 Å². The fraction of sp³-hybridized carbons (Fsp3) is 0.600. The van der Waals surface area contributed by atoms with E-state index in [4.69, 9.17) is 5.73 Å². The smallest absolute Gasteiger partial charge is 0.0470 e. The molecule has 1 aliphatic rings. The molecule has 0 aromatic heterocycles. The third kappa shape index (κ3) is 3.56. The first-order valence-electron chi connectivity index (χ1n) is 6.90. The minimum Gasteiger partial charge on any atom is -0.329 e. The molecule has 0 saturated carbocycles. The van der Waals surface area contributed by atoms with Gasteiger partial charge in [-0.15, -0.1) is 0 Å². The Morgan fingerprint density at radius 3 is 2.94 bits per heavy atom. The molecule has 2 rings (SSSR count). The summed E-state index contributed by atoms with van der Waals surface area (Å²) < 4.78 is 1.14. The van der Waals surface area contributed by atoms with Gasteiger partial charge in [-0.1, -0.05) is 35.0 Å². The summed E-state index contributed by atoms with van der Waals surface area (Å²) in [5.74, 6) is 0.857. The van der Waals surface area contributed by atoms with Crippen molar-refractivity contribution in [2.45, 2.75) is 32.2 Å². The summed E-state index contributed by atoms with van der Waals surface area (Å²) in [7, 11) is 0. The second kappa shape index (κ2) is 6.69. The van der Waals surface area contributed by atoms with Crippen molar-refractivity contribution in [3.05, 3.63) is 34.3 Å². The number of likely N-dealkylation sites (tertiary alicyclic amines) is 1. The van der Waals surface area contributed by atoms with Crippen molar-refractivity contribution in [2.24, 2.45) is 11.7 Å².